The summed E-state index contributed by atoms with van der Waals surface area (Å²) in [4.78, 5) is 15.4. The normalized spacial score (nSPS) is 12.5. The van der Waals surface area contributed by atoms with Crippen LogP contribution in [0.25, 0.3) is 101 Å². The lowest BCUT2D eigenvalue weighted by molar-refractivity contribution is 0.669. The van der Waals surface area contributed by atoms with E-state index in [0.29, 0.717) is 17.5 Å². The van der Waals surface area contributed by atoms with Gasteiger partial charge in [-0.15, -0.1) is 0 Å². The molecule has 2 aromatic heterocycles. The summed E-state index contributed by atoms with van der Waals surface area (Å²) in [5, 5.41) is 1.97. The van der Waals surface area contributed by atoms with Crippen LogP contribution >= 0.6 is 0 Å². The van der Waals surface area contributed by atoms with Crippen LogP contribution in [-0.4, -0.2) is 15.0 Å². The third-order valence-electron chi connectivity index (χ3n) is 13.6. The van der Waals surface area contributed by atoms with E-state index in [1.165, 1.54) is 44.5 Å². The molecule has 0 radical (unpaired) electrons. The number of nitrogens with zero attached hydrogens (tertiary/aromatic N) is 3. The fourth-order valence-corrected chi connectivity index (χ4v) is 10.6. The van der Waals surface area contributed by atoms with Crippen molar-refractivity contribution in [3.63, 3.8) is 0 Å². The zero-order chi connectivity index (χ0) is 45.0. The molecule has 318 valence electrons. The first kappa shape index (κ1) is 39.4. The molecule has 12 aromatic rings. The summed E-state index contributed by atoms with van der Waals surface area (Å²) >= 11 is 0. The van der Waals surface area contributed by atoms with Crippen LogP contribution in [0.4, 0.5) is 0 Å². The number of rotatable bonds is 8. The first-order chi connectivity index (χ1) is 33.7. The Kier molecular flexibility index (Phi) is 9.36. The molecule has 10 aromatic carbocycles. The van der Waals surface area contributed by atoms with Crippen molar-refractivity contribution < 1.29 is 4.42 Å². The molecule has 0 amide bonds. The second-order valence-electron chi connectivity index (χ2n) is 17.4. The van der Waals surface area contributed by atoms with Gasteiger partial charge in [0.15, 0.2) is 17.5 Å². The van der Waals surface area contributed by atoms with E-state index in [4.69, 9.17) is 19.4 Å². The molecule has 0 unspecified atom stereocenters. The fourth-order valence-electron chi connectivity index (χ4n) is 10.6. The fraction of sp³-hybridized carbons (Fsp3) is 0.0156. The smallest absolute Gasteiger partial charge is 0.164 e. The Labute approximate surface area is 394 Å². The number of fused-ring (bicyclic) bond motifs is 6. The molecule has 1 aliphatic carbocycles. The lowest BCUT2D eigenvalue weighted by Gasteiger charge is -2.34. The second kappa shape index (κ2) is 16.2. The van der Waals surface area contributed by atoms with Crippen molar-refractivity contribution in [2.45, 2.75) is 5.41 Å². The number of hydrogen-bond donors (Lipinski definition) is 0. The molecule has 0 fully saturated rings. The van der Waals surface area contributed by atoms with E-state index in [2.05, 4.69) is 200 Å². The van der Waals surface area contributed by atoms with Crippen molar-refractivity contribution in [2.24, 2.45) is 0 Å². The summed E-state index contributed by atoms with van der Waals surface area (Å²) in [6, 6.07) is 88.3. The maximum Gasteiger partial charge on any atom is 0.164 e. The molecule has 0 N–H and O–H groups in total. The number of aromatic nitrogens is 3. The minimum absolute atomic E-state index is 0.453. The molecular weight excluding hydrogens is 827 g/mol. The van der Waals surface area contributed by atoms with Crippen molar-refractivity contribution >= 4 is 21.9 Å². The maximum absolute atomic E-state index is 6.56. The van der Waals surface area contributed by atoms with Crippen LogP contribution < -0.4 is 0 Å². The third-order valence-corrected chi connectivity index (χ3v) is 13.6. The Hall–Kier alpha value is -8.99. The average molecular weight is 868 g/mol. The molecule has 2 heterocycles. The molecule has 0 bridgehead atoms. The van der Waals surface area contributed by atoms with Crippen molar-refractivity contribution in [2.75, 3.05) is 0 Å². The van der Waals surface area contributed by atoms with Crippen LogP contribution in [0.15, 0.2) is 253 Å². The Balaban J connectivity index is 0.917. The van der Waals surface area contributed by atoms with Crippen molar-refractivity contribution in [3.8, 4) is 78.7 Å². The highest BCUT2D eigenvalue weighted by Crippen LogP contribution is 2.58. The Morgan fingerprint density at radius 1 is 0.294 bits per heavy atom. The quantitative estimate of drug-likeness (QED) is 0.153. The van der Waals surface area contributed by atoms with Gasteiger partial charge < -0.3 is 4.42 Å². The van der Waals surface area contributed by atoms with Gasteiger partial charge in [0.1, 0.15) is 11.2 Å². The van der Waals surface area contributed by atoms with E-state index in [9.17, 15) is 0 Å². The van der Waals surface area contributed by atoms with Crippen LogP contribution in [0.5, 0.6) is 0 Å². The standard InChI is InChI=1S/C64H41N3O/c1-5-18-42(19-6-1)46-22-15-23-48(40-46)62-65-61(45-20-7-2-8-21-45)66-63(67-62)53-30-17-33-58-60(53)54-41-47(38-39-57(54)68-58)43-34-36-44(37-35-43)51-29-16-32-56-59(51)52-28-13-14-31-55(52)64(56,49-24-9-3-10-25-49)50-26-11-4-12-27-50/h1-41H. The molecule has 0 spiro atoms. The predicted octanol–water partition coefficient (Wildman–Crippen LogP) is 16.1. The summed E-state index contributed by atoms with van der Waals surface area (Å²) in [5.74, 6) is 1.80. The average Bonchev–Trinajstić information content (AvgIpc) is 3.96. The zero-order valence-electron chi connectivity index (χ0n) is 36.9. The highest BCUT2D eigenvalue weighted by atomic mass is 16.3. The first-order valence-corrected chi connectivity index (χ1v) is 23.1. The Bertz CT molecular complexity index is 3790. The van der Waals surface area contributed by atoms with E-state index in [1.807, 2.05) is 48.5 Å². The van der Waals surface area contributed by atoms with Gasteiger partial charge in [0.2, 0.25) is 0 Å². The van der Waals surface area contributed by atoms with E-state index >= 15 is 0 Å². The number of hydrogen-bond acceptors (Lipinski definition) is 4. The van der Waals surface area contributed by atoms with E-state index in [-0.39, 0.29) is 0 Å². The topological polar surface area (TPSA) is 51.8 Å². The largest absolute Gasteiger partial charge is 0.456 e. The summed E-state index contributed by atoms with van der Waals surface area (Å²) in [6.07, 6.45) is 0. The summed E-state index contributed by atoms with van der Waals surface area (Å²) in [7, 11) is 0. The van der Waals surface area contributed by atoms with Gasteiger partial charge >= 0.3 is 0 Å². The van der Waals surface area contributed by atoms with Gasteiger partial charge in [0.25, 0.3) is 0 Å². The monoisotopic (exact) mass is 867 g/mol. The van der Waals surface area contributed by atoms with Gasteiger partial charge in [-0.3, -0.25) is 0 Å². The SMILES string of the molecule is c1ccc(-c2cccc(-c3nc(-c4ccccc4)nc(-c4cccc5oc6ccc(-c7ccc(-c8cccc9c8-c8ccccc8C9(c8ccccc8)c8ccccc8)cc7)cc6c45)n3)c2)cc1. The van der Waals surface area contributed by atoms with Gasteiger partial charge in [-0.2, -0.15) is 0 Å². The molecule has 0 saturated carbocycles. The second-order valence-corrected chi connectivity index (χ2v) is 17.4. The van der Waals surface area contributed by atoms with Crippen molar-refractivity contribution in [1.82, 2.24) is 15.0 Å². The lowest BCUT2D eigenvalue weighted by Crippen LogP contribution is -2.28. The van der Waals surface area contributed by atoms with Crippen LogP contribution in [0.3, 0.4) is 0 Å². The summed E-state index contributed by atoms with van der Waals surface area (Å²) < 4.78 is 6.56. The predicted molar refractivity (Wildman–Crippen MR) is 277 cm³/mol. The van der Waals surface area contributed by atoms with Crippen molar-refractivity contribution in [3.05, 3.63) is 271 Å². The van der Waals surface area contributed by atoms with Gasteiger partial charge in [-0.1, -0.05) is 224 Å². The molecule has 68 heavy (non-hydrogen) atoms. The van der Waals surface area contributed by atoms with E-state index < -0.39 is 5.41 Å². The summed E-state index contributed by atoms with van der Waals surface area (Å²) in [6.45, 7) is 0. The first-order valence-electron chi connectivity index (χ1n) is 23.1. The summed E-state index contributed by atoms with van der Waals surface area (Å²) in [5.41, 5.74) is 18.4. The molecule has 1 aliphatic rings. The Morgan fingerprint density at radius 3 is 1.51 bits per heavy atom. The molecule has 13 rings (SSSR count). The molecule has 0 saturated heterocycles. The van der Waals surface area contributed by atoms with Gasteiger partial charge in [0, 0.05) is 27.5 Å². The minimum Gasteiger partial charge on any atom is -0.456 e. The van der Waals surface area contributed by atoms with Crippen LogP contribution in [0.1, 0.15) is 22.3 Å². The molecule has 4 heteroatoms. The van der Waals surface area contributed by atoms with E-state index in [1.54, 1.807) is 0 Å². The zero-order valence-corrected chi connectivity index (χ0v) is 36.9. The molecular formula is C64H41N3O. The number of benzene rings is 10. The van der Waals surface area contributed by atoms with Crippen LogP contribution in [-0.2, 0) is 5.41 Å². The van der Waals surface area contributed by atoms with Crippen LogP contribution in [0.2, 0.25) is 0 Å². The highest BCUT2D eigenvalue weighted by molar-refractivity contribution is 6.13. The maximum atomic E-state index is 6.56. The molecule has 0 aliphatic heterocycles. The minimum atomic E-state index is -0.453. The molecule has 0 atom stereocenters. The third kappa shape index (κ3) is 6.41. The Morgan fingerprint density at radius 2 is 0.779 bits per heavy atom. The van der Waals surface area contributed by atoms with Gasteiger partial charge in [0.05, 0.1) is 5.41 Å². The molecule has 4 nitrogen and oxygen atoms in total. The number of furan rings is 1. The highest BCUT2D eigenvalue weighted by Gasteiger charge is 2.46. The van der Waals surface area contributed by atoms with Crippen LogP contribution in [0, 0.1) is 0 Å². The van der Waals surface area contributed by atoms with E-state index in [0.717, 1.165) is 60.9 Å². The van der Waals surface area contributed by atoms with Gasteiger partial charge in [-0.25, -0.2) is 15.0 Å². The van der Waals surface area contributed by atoms with Crippen molar-refractivity contribution in [1.29, 1.82) is 0 Å². The lowest BCUT2D eigenvalue weighted by atomic mass is 9.67. The van der Waals surface area contributed by atoms with Gasteiger partial charge in [-0.05, 0) is 91.0 Å².